The van der Waals surface area contributed by atoms with Crippen LogP contribution in [0.5, 0.6) is 0 Å². The molecule has 0 fully saturated rings. The summed E-state index contributed by atoms with van der Waals surface area (Å²) in [5.74, 6) is -0.298. The Bertz CT molecular complexity index is 559. The highest BCUT2D eigenvalue weighted by atomic mass is 16.6. The molecule has 21 heavy (non-hydrogen) atoms. The molecule has 1 atom stereocenters. The Balaban J connectivity index is 2.14. The molecule has 0 aliphatic carbocycles. The largest absolute Gasteiger partial charge is 0.464 e. The fourth-order valence-electron chi connectivity index (χ4n) is 2.38. The number of fused-ring (bicyclic) bond motifs is 1. The minimum Gasteiger partial charge on any atom is -0.464 e. The lowest BCUT2D eigenvalue weighted by Gasteiger charge is -2.34. The molecule has 0 saturated carbocycles. The number of ether oxygens (including phenoxy) is 1. The third-order valence-corrected chi connectivity index (χ3v) is 3.79. The van der Waals surface area contributed by atoms with E-state index in [0.717, 1.165) is 18.4 Å². The van der Waals surface area contributed by atoms with Crippen LogP contribution in [0.15, 0.2) is 18.2 Å². The van der Waals surface area contributed by atoms with E-state index in [1.54, 1.807) is 13.0 Å². The molecule has 0 amide bonds. The van der Waals surface area contributed by atoms with Crippen LogP contribution in [0.25, 0.3) is 0 Å². The first-order chi connectivity index (χ1) is 9.96. The van der Waals surface area contributed by atoms with Crippen molar-refractivity contribution in [1.82, 2.24) is 0 Å². The van der Waals surface area contributed by atoms with Gasteiger partial charge in [0.25, 0.3) is 5.69 Å². The summed E-state index contributed by atoms with van der Waals surface area (Å²) in [6, 6.07) is 4.71. The summed E-state index contributed by atoms with van der Waals surface area (Å²) in [5, 5.41) is 14.0. The molecule has 1 N–H and O–H groups in total. The first-order valence-corrected chi connectivity index (χ1v) is 7.19. The highest BCUT2D eigenvalue weighted by Crippen LogP contribution is 2.33. The number of benzene rings is 1. The number of esters is 1. The van der Waals surface area contributed by atoms with Crippen molar-refractivity contribution in [2.45, 2.75) is 45.1 Å². The molecule has 2 rings (SSSR count). The number of carbonyl (C=O) groups is 1. The van der Waals surface area contributed by atoms with Crippen molar-refractivity contribution in [3.05, 3.63) is 33.9 Å². The van der Waals surface area contributed by atoms with Crippen LogP contribution < -0.4 is 5.32 Å². The number of hydrogen-bond acceptors (Lipinski definition) is 5. The number of nitrogens with one attached hydrogen (secondary N) is 1. The van der Waals surface area contributed by atoms with E-state index in [2.05, 4.69) is 5.32 Å². The standard InChI is InChI=1S/C15H20N2O4/c1-3-4-9-21-14(18)15(2)8-7-11-5-6-12(17(19)20)10-13(11)16-15/h5-6,10,16H,3-4,7-9H2,1-2H3. The Labute approximate surface area is 123 Å². The van der Waals surface area contributed by atoms with E-state index in [-0.39, 0.29) is 11.7 Å². The average Bonchev–Trinajstić information content (AvgIpc) is 2.46. The lowest BCUT2D eigenvalue weighted by Crippen LogP contribution is -2.47. The molecule has 0 bridgehead atoms. The van der Waals surface area contributed by atoms with Crippen LogP contribution in [-0.2, 0) is 16.0 Å². The van der Waals surface area contributed by atoms with Crippen LogP contribution >= 0.6 is 0 Å². The van der Waals surface area contributed by atoms with Gasteiger partial charge in [0.05, 0.1) is 11.5 Å². The second kappa shape index (κ2) is 6.11. The average molecular weight is 292 g/mol. The van der Waals surface area contributed by atoms with E-state index in [1.807, 2.05) is 6.92 Å². The lowest BCUT2D eigenvalue weighted by molar-refractivity contribution is -0.384. The molecule has 1 heterocycles. The summed E-state index contributed by atoms with van der Waals surface area (Å²) >= 11 is 0. The van der Waals surface area contributed by atoms with Gasteiger partial charge in [-0.1, -0.05) is 19.4 Å². The van der Waals surface area contributed by atoms with Crippen molar-refractivity contribution in [3.63, 3.8) is 0 Å². The molecule has 1 aliphatic heterocycles. The van der Waals surface area contributed by atoms with Gasteiger partial charge in [0.2, 0.25) is 0 Å². The van der Waals surface area contributed by atoms with Crippen LogP contribution in [0.1, 0.15) is 38.7 Å². The maximum Gasteiger partial charge on any atom is 0.331 e. The zero-order valence-electron chi connectivity index (χ0n) is 12.3. The van der Waals surface area contributed by atoms with Gasteiger partial charge < -0.3 is 10.1 Å². The summed E-state index contributed by atoms with van der Waals surface area (Å²) in [7, 11) is 0. The second-order valence-electron chi connectivity index (χ2n) is 5.55. The maximum absolute atomic E-state index is 12.2. The highest BCUT2D eigenvalue weighted by molar-refractivity contribution is 5.85. The minimum absolute atomic E-state index is 0.0184. The Morgan fingerprint density at radius 3 is 2.95 bits per heavy atom. The van der Waals surface area contributed by atoms with E-state index in [4.69, 9.17) is 4.74 Å². The molecular formula is C15H20N2O4. The van der Waals surface area contributed by atoms with Gasteiger partial charge in [-0.2, -0.15) is 0 Å². The molecule has 1 aliphatic rings. The summed E-state index contributed by atoms with van der Waals surface area (Å²) < 4.78 is 5.28. The van der Waals surface area contributed by atoms with Crippen molar-refractivity contribution in [2.24, 2.45) is 0 Å². The van der Waals surface area contributed by atoms with Gasteiger partial charge in [-0.15, -0.1) is 0 Å². The van der Waals surface area contributed by atoms with E-state index in [1.165, 1.54) is 12.1 Å². The number of rotatable bonds is 5. The predicted octanol–water partition coefficient (Wildman–Crippen LogP) is 3.05. The van der Waals surface area contributed by atoms with Gasteiger partial charge in [-0.05, 0) is 31.7 Å². The predicted molar refractivity (Wildman–Crippen MR) is 79.3 cm³/mol. The van der Waals surface area contributed by atoms with Gasteiger partial charge in [-0.25, -0.2) is 4.79 Å². The molecule has 0 radical (unpaired) electrons. The minimum atomic E-state index is -0.823. The molecule has 0 spiro atoms. The number of nitrogens with zero attached hydrogens (tertiary/aromatic N) is 1. The summed E-state index contributed by atoms with van der Waals surface area (Å²) in [5.41, 5.74) is 0.824. The monoisotopic (exact) mass is 292 g/mol. The Kier molecular flexibility index (Phi) is 4.45. The van der Waals surface area contributed by atoms with Crippen molar-refractivity contribution in [1.29, 1.82) is 0 Å². The Hall–Kier alpha value is -2.11. The number of aryl methyl sites for hydroxylation is 1. The van der Waals surface area contributed by atoms with Crippen molar-refractivity contribution < 1.29 is 14.5 Å². The number of unbranched alkanes of at least 4 members (excludes halogenated alkanes) is 1. The molecule has 0 saturated heterocycles. The first-order valence-electron chi connectivity index (χ1n) is 7.19. The van der Waals surface area contributed by atoms with Gasteiger partial charge in [-0.3, -0.25) is 10.1 Å². The number of anilines is 1. The summed E-state index contributed by atoms with van der Waals surface area (Å²) in [6.45, 7) is 4.22. The van der Waals surface area contributed by atoms with Gasteiger partial charge in [0.15, 0.2) is 0 Å². The number of nitro benzene ring substituents is 1. The maximum atomic E-state index is 12.2. The third-order valence-electron chi connectivity index (χ3n) is 3.79. The van der Waals surface area contributed by atoms with Crippen LogP contribution in [0.2, 0.25) is 0 Å². The van der Waals surface area contributed by atoms with E-state index >= 15 is 0 Å². The Morgan fingerprint density at radius 2 is 2.29 bits per heavy atom. The normalized spacial score (nSPS) is 20.3. The zero-order valence-corrected chi connectivity index (χ0v) is 12.3. The topological polar surface area (TPSA) is 81.5 Å². The zero-order chi connectivity index (χ0) is 15.5. The van der Waals surface area contributed by atoms with Crippen molar-refractivity contribution in [2.75, 3.05) is 11.9 Å². The lowest BCUT2D eigenvalue weighted by atomic mass is 9.87. The quantitative estimate of drug-likeness (QED) is 0.390. The molecule has 1 aromatic rings. The number of carbonyl (C=O) groups excluding carboxylic acids is 1. The van der Waals surface area contributed by atoms with Gasteiger partial charge in [0, 0.05) is 17.8 Å². The van der Waals surface area contributed by atoms with Crippen LogP contribution in [0, 0.1) is 10.1 Å². The first kappa shape index (κ1) is 15.3. The Morgan fingerprint density at radius 1 is 1.52 bits per heavy atom. The third kappa shape index (κ3) is 3.32. The van der Waals surface area contributed by atoms with Crippen LogP contribution in [0.4, 0.5) is 11.4 Å². The van der Waals surface area contributed by atoms with Gasteiger partial charge >= 0.3 is 5.97 Å². The summed E-state index contributed by atoms with van der Waals surface area (Å²) in [6.07, 6.45) is 3.11. The van der Waals surface area contributed by atoms with Crippen molar-refractivity contribution >= 4 is 17.3 Å². The van der Waals surface area contributed by atoms with E-state index in [0.29, 0.717) is 25.1 Å². The second-order valence-corrected chi connectivity index (χ2v) is 5.55. The van der Waals surface area contributed by atoms with Crippen molar-refractivity contribution in [3.8, 4) is 0 Å². The van der Waals surface area contributed by atoms with E-state index < -0.39 is 10.5 Å². The molecule has 1 unspecified atom stereocenters. The van der Waals surface area contributed by atoms with Crippen LogP contribution in [0.3, 0.4) is 0 Å². The molecular weight excluding hydrogens is 272 g/mol. The molecule has 0 aromatic heterocycles. The van der Waals surface area contributed by atoms with Gasteiger partial charge in [0.1, 0.15) is 5.54 Å². The SMILES string of the molecule is CCCCOC(=O)C1(C)CCc2ccc([N+](=O)[O-])cc2N1. The number of non-ortho nitro benzene ring substituents is 1. The van der Waals surface area contributed by atoms with Crippen LogP contribution in [-0.4, -0.2) is 23.0 Å². The smallest absolute Gasteiger partial charge is 0.331 e. The molecule has 6 heteroatoms. The number of hydrogen-bond donors (Lipinski definition) is 1. The highest BCUT2D eigenvalue weighted by Gasteiger charge is 2.38. The molecule has 6 nitrogen and oxygen atoms in total. The summed E-state index contributed by atoms with van der Waals surface area (Å²) in [4.78, 5) is 22.6. The fourth-order valence-corrected chi connectivity index (χ4v) is 2.38. The van der Waals surface area contributed by atoms with E-state index in [9.17, 15) is 14.9 Å². The fraction of sp³-hybridized carbons (Fsp3) is 0.533. The molecule has 114 valence electrons. The number of nitro groups is 1. The molecule has 1 aromatic carbocycles.